The minimum atomic E-state index is -0.603. The molecule has 6 atom stereocenters. The number of nitriles is 1. The summed E-state index contributed by atoms with van der Waals surface area (Å²) in [6.45, 7) is 9.16. The minimum Gasteiger partial charge on any atom is -0.342 e. The van der Waals surface area contributed by atoms with Gasteiger partial charge in [0.15, 0.2) is 5.78 Å². The van der Waals surface area contributed by atoms with Gasteiger partial charge in [-0.05, 0) is 88.2 Å². The van der Waals surface area contributed by atoms with E-state index < -0.39 is 11.8 Å². The quantitative estimate of drug-likeness (QED) is 0.523. The van der Waals surface area contributed by atoms with Gasteiger partial charge >= 0.3 is 0 Å². The maximum Gasteiger partial charge on any atom is 0.246 e. The number of carbonyl (C=O) groups excluding carboxylic acids is 2. The lowest BCUT2D eigenvalue weighted by atomic mass is 9.59. The lowest BCUT2D eigenvalue weighted by Gasteiger charge is -2.51. The number of rotatable bonds is 6. The first kappa shape index (κ1) is 29.2. The van der Waals surface area contributed by atoms with Crippen molar-refractivity contribution in [2.75, 3.05) is 39.8 Å². The fraction of sp³-hybridized carbons (Fsp3) is 0.636. The van der Waals surface area contributed by atoms with Crippen LogP contribution in [0.25, 0.3) is 0 Å². The van der Waals surface area contributed by atoms with E-state index in [0.717, 1.165) is 51.5 Å². The Morgan fingerprint density at radius 1 is 1.26 bits per heavy atom. The first-order chi connectivity index (χ1) is 20.3. The van der Waals surface area contributed by atoms with Crippen LogP contribution in [-0.2, 0) is 27.2 Å². The lowest BCUT2D eigenvalue weighted by Crippen LogP contribution is -2.67. The van der Waals surface area contributed by atoms with E-state index in [0.29, 0.717) is 38.0 Å². The standard InChI is InChI=1S/C33H44N6O3/c1-4-28(40)39-18-17-38(20-24(39)12-15-34)31-26-11-14-33(13-10-23-8-5-7-22(2)27(23)19-33)30(41)29(26)35-32(36-31)42-21-25-9-6-16-37(25)3/h4-5,7-8,24-26,31-32,36H,1,6,9-14,16-21H2,2-3H3/t24?,25?,26?,31?,32?,33-/m1/s1. The van der Waals surface area contributed by atoms with Crippen LogP contribution < -0.4 is 5.32 Å². The number of ether oxygens (including phenoxy) is 1. The highest BCUT2D eigenvalue weighted by molar-refractivity contribution is 6.43. The highest BCUT2D eigenvalue weighted by Gasteiger charge is 2.53. The number of hydrogen-bond acceptors (Lipinski definition) is 8. The van der Waals surface area contributed by atoms with Crippen LogP contribution in [0.5, 0.6) is 0 Å². The Morgan fingerprint density at radius 3 is 2.88 bits per heavy atom. The zero-order valence-electron chi connectivity index (χ0n) is 25.1. The van der Waals surface area contributed by atoms with Gasteiger partial charge in [0.2, 0.25) is 12.3 Å². The second kappa shape index (κ2) is 12.0. The van der Waals surface area contributed by atoms with Crippen LogP contribution in [-0.4, -0.2) is 96.5 Å². The van der Waals surface area contributed by atoms with Gasteiger partial charge in [-0.2, -0.15) is 5.26 Å². The Labute approximate surface area is 249 Å². The van der Waals surface area contributed by atoms with Crippen molar-refractivity contribution in [3.8, 4) is 6.07 Å². The number of likely N-dealkylation sites (N-methyl/N-ethyl adjacent to an activating group) is 1. The molecule has 1 saturated carbocycles. The van der Waals surface area contributed by atoms with Crippen molar-refractivity contribution in [2.24, 2.45) is 16.3 Å². The van der Waals surface area contributed by atoms with E-state index in [1.165, 1.54) is 22.8 Å². The molecule has 42 heavy (non-hydrogen) atoms. The molecule has 1 aromatic rings. The van der Waals surface area contributed by atoms with Gasteiger partial charge in [-0.3, -0.25) is 19.8 Å². The van der Waals surface area contributed by atoms with Gasteiger partial charge in [-0.1, -0.05) is 24.8 Å². The van der Waals surface area contributed by atoms with Crippen LogP contribution in [0, 0.1) is 29.6 Å². The number of likely N-dealkylation sites (tertiary alicyclic amines) is 1. The fourth-order valence-electron chi connectivity index (χ4n) is 8.12. The predicted octanol–water partition coefficient (Wildman–Crippen LogP) is 2.83. The van der Waals surface area contributed by atoms with Crippen LogP contribution in [0.3, 0.4) is 0 Å². The maximum atomic E-state index is 14.5. The van der Waals surface area contributed by atoms with E-state index in [1.54, 1.807) is 4.90 Å². The van der Waals surface area contributed by atoms with Crippen molar-refractivity contribution in [1.82, 2.24) is 20.0 Å². The molecule has 9 heteroatoms. The summed E-state index contributed by atoms with van der Waals surface area (Å²) in [6.07, 6.45) is 7.37. The molecule has 6 rings (SSSR count). The number of fused-ring (bicyclic) bond motifs is 2. The molecule has 3 fully saturated rings. The Hall–Kier alpha value is -2.90. The third-order valence-electron chi connectivity index (χ3n) is 10.7. The van der Waals surface area contributed by atoms with Gasteiger partial charge in [-0.25, -0.2) is 4.99 Å². The minimum absolute atomic E-state index is 0.0558. The summed E-state index contributed by atoms with van der Waals surface area (Å²) in [7, 11) is 2.14. The van der Waals surface area contributed by atoms with Crippen LogP contribution in [0.4, 0.5) is 0 Å². The summed E-state index contributed by atoms with van der Waals surface area (Å²) in [4.78, 5) is 38.5. The fourth-order valence-corrected chi connectivity index (χ4v) is 8.12. The smallest absolute Gasteiger partial charge is 0.246 e. The van der Waals surface area contributed by atoms with Gasteiger partial charge in [0.25, 0.3) is 0 Å². The molecule has 9 nitrogen and oxygen atoms in total. The molecule has 3 heterocycles. The number of ketones is 1. The number of amides is 1. The third-order valence-corrected chi connectivity index (χ3v) is 10.7. The highest BCUT2D eigenvalue weighted by Crippen LogP contribution is 2.47. The average Bonchev–Trinajstić information content (AvgIpc) is 3.42. The van der Waals surface area contributed by atoms with Gasteiger partial charge in [-0.15, -0.1) is 0 Å². The number of nitrogens with one attached hydrogen (secondary N) is 1. The molecule has 5 aliphatic rings. The molecule has 0 radical (unpaired) electrons. The molecule has 5 unspecified atom stereocenters. The van der Waals surface area contributed by atoms with Crippen molar-refractivity contribution in [3.63, 3.8) is 0 Å². The van der Waals surface area contributed by atoms with E-state index in [4.69, 9.17) is 9.73 Å². The summed E-state index contributed by atoms with van der Waals surface area (Å²) in [5.74, 6) is -0.00196. The van der Waals surface area contributed by atoms with Gasteiger partial charge in [0, 0.05) is 37.0 Å². The zero-order valence-corrected chi connectivity index (χ0v) is 25.1. The monoisotopic (exact) mass is 572 g/mol. The summed E-state index contributed by atoms with van der Waals surface area (Å²) >= 11 is 0. The second-order valence-corrected chi connectivity index (χ2v) is 13.0. The molecule has 2 aliphatic carbocycles. The Balaban J connectivity index is 1.27. The van der Waals surface area contributed by atoms with E-state index in [9.17, 15) is 14.9 Å². The molecule has 1 aromatic carbocycles. The van der Waals surface area contributed by atoms with Crippen LogP contribution in [0.1, 0.15) is 55.2 Å². The molecular weight excluding hydrogens is 528 g/mol. The molecule has 224 valence electrons. The molecule has 1 spiro atoms. The molecule has 2 saturated heterocycles. The number of nitrogens with zero attached hydrogens (tertiary/aromatic N) is 5. The van der Waals surface area contributed by atoms with Gasteiger partial charge in [0.1, 0.15) is 0 Å². The zero-order chi connectivity index (χ0) is 29.4. The Morgan fingerprint density at radius 2 is 2.12 bits per heavy atom. The van der Waals surface area contributed by atoms with Gasteiger partial charge < -0.3 is 14.5 Å². The second-order valence-electron chi connectivity index (χ2n) is 13.0. The van der Waals surface area contributed by atoms with Crippen LogP contribution in [0.15, 0.2) is 35.8 Å². The molecule has 0 aromatic heterocycles. The SMILES string of the molecule is C=CC(=O)N1CCN(C2NC(OCC3CCCN3C)N=C3C(=O)[C@]4(CCc5cccc(C)c5C4)CCC32)CC1CC#N. The highest BCUT2D eigenvalue weighted by atomic mass is 16.5. The maximum absolute atomic E-state index is 14.5. The summed E-state index contributed by atoms with van der Waals surface area (Å²) in [5, 5.41) is 13.2. The third kappa shape index (κ3) is 5.35. The van der Waals surface area contributed by atoms with Gasteiger partial charge in [0.05, 0.1) is 37.0 Å². The number of carbonyl (C=O) groups is 2. The largest absolute Gasteiger partial charge is 0.342 e. The normalized spacial score (nSPS) is 33.5. The molecule has 3 aliphatic heterocycles. The lowest BCUT2D eigenvalue weighted by molar-refractivity contribution is -0.132. The number of benzene rings is 1. The van der Waals surface area contributed by atoms with E-state index in [-0.39, 0.29) is 36.2 Å². The van der Waals surface area contributed by atoms with Crippen molar-refractivity contribution >= 4 is 17.4 Å². The Kier molecular flexibility index (Phi) is 8.34. The molecular formula is C33H44N6O3. The summed E-state index contributed by atoms with van der Waals surface area (Å²) in [6, 6.07) is 8.88. The number of aryl methyl sites for hydroxylation is 2. The molecule has 1 N–H and O–H groups in total. The first-order valence-electron chi connectivity index (χ1n) is 15.7. The number of Topliss-reactive ketones (excluding diaryl/α,β-unsaturated/α-hetero) is 1. The van der Waals surface area contributed by atoms with Crippen molar-refractivity contribution in [1.29, 1.82) is 5.26 Å². The number of piperazine rings is 1. The van der Waals surface area contributed by atoms with Crippen LogP contribution >= 0.6 is 0 Å². The predicted molar refractivity (Wildman–Crippen MR) is 161 cm³/mol. The average molecular weight is 573 g/mol. The van der Waals surface area contributed by atoms with Crippen molar-refractivity contribution in [2.45, 2.75) is 82.9 Å². The molecule has 0 bridgehead atoms. The number of hydrogen-bond donors (Lipinski definition) is 1. The van der Waals surface area contributed by atoms with Crippen molar-refractivity contribution in [3.05, 3.63) is 47.5 Å². The topological polar surface area (TPSA) is 101 Å². The Bertz CT molecular complexity index is 1300. The first-order valence-corrected chi connectivity index (χ1v) is 15.7. The van der Waals surface area contributed by atoms with Crippen molar-refractivity contribution < 1.29 is 14.3 Å². The van der Waals surface area contributed by atoms with E-state index in [2.05, 4.69) is 59.9 Å². The number of aliphatic imine (C=N–C) groups is 1. The summed E-state index contributed by atoms with van der Waals surface area (Å²) < 4.78 is 6.41. The molecule has 1 amide bonds. The van der Waals surface area contributed by atoms with E-state index >= 15 is 0 Å². The summed E-state index contributed by atoms with van der Waals surface area (Å²) in [5.41, 5.74) is 4.24. The van der Waals surface area contributed by atoms with E-state index in [1.807, 2.05) is 0 Å². The van der Waals surface area contributed by atoms with Crippen LogP contribution in [0.2, 0.25) is 0 Å².